The summed E-state index contributed by atoms with van der Waals surface area (Å²) in [7, 11) is 0. The van der Waals surface area contributed by atoms with Crippen LogP contribution in [0.1, 0.15) is 20.8 Å². The fourth-order valence-corrected chi connectivity index (χ4v) is 1.92. The van der Waals surface area contributed by atoms with E-state index in [2.05, 4.69) is 26.2 Å². The highest BCUT2D eigenvalue weighted by atomic mass is 79.9. The minimum absolute atomic E-state index is 0.488. The van der Waals surface area contributed by atoms with E-state index in [0.29, 0.717) is 21.9 Å². The number of ether oxygens (including phenoxy) is 2. The lowest BCUT2D eigenvalue weighted by molar-refractivity contribution is 0.0636. The van der Waals surface area contributed by atoms with Crippen LogP contribution >= 0.6 is 15.9 Å². The Labute approximate surface area is 137 Å². The van der Waals surface area contributed by atoms with E-state index in [-0.39, 0.29) is 0 Å². The van der Waals surface area contributed by atoms with E-state index in [1.54, 1.807) is 30.3 Å². The maximum Gasteiger partial charge on any atom is 0.412 e. The Morgan fingerprint density at radius 1 is 1.14 bits per heavy atom. The predicted molar refractivity (Wildman–Crippen MR) is 88.3 cm³/mol. The lowest BCUT2D eigenvalue weighted by Crippen LogP contribution is -2.27. The van der Waals surface area contributed by atoms with E-state index >= 15 is 0 Å². The molecule has 0 fully saturated rings. The van der Waals surface area contributed by atoms with E-state index in [1.165, 1.54) is 0 Å². The first-order valence-corrected chi connectivity index (χ1v) is 7.52. The first kappa shape index (κ1) is 16.3. The molecule has 0 aliphatic carbocycles. The first-order chi connectivity index (χ1) is 10.3. The van der Waals surface area contributed by atoms with Gasteiger partial charge in [-0.2, -0.15) is 0 Å². The summed E-state index contributed by atoms with van der Waals surface area (Å²) in [4.78, 5) is 15.8. The molecular formula is C16H17BrN2O3. The normalized spacial score (nSPS) is 10.9. The summed E-state index contributed by atoms with van der Waals surface area (Å²) in [5.74, 6) is 1.11. The van der Waals surface area contributed by atoms with Crippen molar-refractivity contribution in [1.82, 2.24) is 4.98 Å². The number of nitrogens with one attached hydrogen (secondary N) is 1. The number of amides is 1. The van der Waals surface area contributed by atoms with Crippen molar-refractivity contribution in [3.8, 4) is 11.6 Å². The third-order valence-electron chi connectivity index (χ3n) is 2.41. The molecule has 0 radical (unpaired) electrons. The van der Waals surface area contributed by atoms with Gasteiger partial charge < -0.3 is 9.47 Å². The molecule has 1 heterocycles. The highest BCUT2D eigenvalue weighted by Crippen LogP contribution is 2.23. The van der Waals surface area contributed by atoms with Crippen LogP contribution in [0, 0.1) is 0 Å². The number of pyridine rings is 1. The highest BCUT2D eigenvalue weighted by Gasteiger charge is 2.16. The average Bonchev–Trinajstić information content (AvgIpc) is 2.39. The van der Waals surface area contributed by atoms with Crippen molar-refractivity contribution in [2.24, 2.45) is 0 Å². The predicted octanol–water partition coefficient (Wildman–Crippen LogP) is 4.98. The number of aromatic nitrogens is 1. The molecule has 22 heavy (non-hydrogen) atoms. The van der Waals surface area contributed by atoms with Crippen LogP contribution in [0.3, 0.4) is 0 Å². The molecule has 0 aliphatic heterocycles. The van der Waals surface area contributed by atoms with Gasteiger partial charge in [0, 0.05) is 11.8 Å². The molecule has 6 heteroatoms. The summed E-state index contributed by atoms with van der Waals surface area (Å²) in [6.07, 6.45) is -0.491. The SMILES string of the molecule is CC(C)(C)OC(=O)Nc1ccc(Oc2cccc(Br)n2)cc1. The Balaban J connectivity index is 1.97. The number of carbonyl (C=O) groups is 1. The number of carbonyl (C=O) groups excluding carboxylic acids is 1. The zero-order valence-electron chi connectivity index (χ0n) is 12.6. The van der Waals surface area contributed by atoms with Crippen LogP contribution in [0.25, 0.3) is 0 Å². The van der Waals surface area contributed by atoms with E-state index in [0.717, 1.165) is 0 Å². The van der Waals surface area contributed by atoms with Crippen LogP contribution in [0.15, 0.2) is 47.1 Å². The Bertz CT molecular complexity index is 651. The molecule has 1 amide bonds. The van der Waals surface area contributed by atoms with E-state index in [1.807, 2.05) is 32.9 Å². The van der Waals surface area contributed by atoms with Crippen LogP contribution < -0.4 is 10.1 Å². The number of anilines is 1. The maximum absolute atomic E-state index is 11.7. The van der Waals surface area contributed by atoms with Crippen molar-refractivity contribution in [3.05, 3.63) is 47.1 Å². The van der Waals surface area contributed by atoms with Gasteiger partial charge in [-0.3, -0.25) is 5.32 Å². The van der Waals surface area contributed by atoms with Crippen molar-refractivity contribution >= 4 is 27.7 Å². The number of halogens is 1. The summed E-state index contributed by atoms with van der Waals surface area (Å²) >= 11 is 3.29. The molecule has 0 bridgehead atoms. The average molecular weight is 365 g/mol. The zero-order chi connectivity index (χ0) is 16.2. The summed E-state index contributed by atoms with van der Waals surface area (Å²) < 4.78 is 11.5. The Morgan fingerprint density at radius 3 is 2.41 bits per heavy atom. The molecule has 0 saturated heterocycles. The molecule has 116 valence electrons. The smallest absolute Gasteiger partial charge is 0.412 e. The zero-order valence-corrected chi connectivity index (χ0v) is 14.2. The standard InChI is InChI=1S/C16H17BrN2O3/c1-16(2,3)22-15(20)18-11-7-9-12(10-8-11)21-14-6-4-5-13(17)19-14/h4-10H,1-3H3,(H,18,20). The first-order valence-electron chi connectivity index (χ1n) is 6.72. The quantitative estimate of drug-likeness (QED) is 0.779. The molecule has 1 aromatic carbocycles. The molecule has 2 aromatic rings. The van der Waals surface area contributed by atoms with E-state index in [4.69, 9.17) is 9.47 Å². The highest BCUT2D eigenvalue weighted by molar-refractivity contribution is 9.10. The van der Waals surface area contributed by atoms with Gasteiger partial charge in [0.2, 0.25) is 5.88 Å². The fourth-order valence-electron chi connectivity index (χ4n) is 1.59. The number of hydrogen-bond acceptors (Lipinski definition) is 4. The van der Waals surface area contributed by atoms with Gasteiger partial charge in [0.1, 0.15) is 16.0 Å². The second kappa shape index (κ2) is 6.79. The molecule has 1 N–H and O–H groups in total. The van der Waals surface area contributed by atoms with Gasteiger partial charge in [-0.25, -0.2) is 9.78 Å². The van der Waals surface area contributed by atoms with Gasteiger partial charge in [0.05, 0.1) is 0 Å². The maximum atomic E-state index is 11.7. The summed E-state index contributed by atoms with van der Waals surface area (Å²) in [5.41, 5.74) is 0.100. The molecule has 0 unspecified atom stereocenters. The topological polar surface area (TPSA) is 60.5 Å². The van der Waals surface area contributed by atoms with Crippen LogP contribution in [0.2, 0.25) is 0 Å². The lowest BCUT2D eigenvalue weighted by Gasteiger charge is -2.19. The van der Waals surface area contributed by atoms with Gasteiger partial charge in [-0.1, -0.05) is 6.07 Å². The molecule has 1 aromatic heterocycles. The van der Waals surface area contributed by atoms with Crippen LogP contribution in [0.5, 0.6) is 11.6 Å². The number of hydrogen-bond donors (Lipinski definition) is 1. The van der Waals surface area contributed by atoms with Gasteiger partial charge in [-0.05, 0) is 67.0 Å². The van der Waals surface area contributed by atoms with Gasteiger partial charge in [0.25, 0.3) is 0 Å². The van der Waals surface area contributed by atoms with E-state index < -0.39 is 11.7 Å². The molecule has 0 saturated carbocycles. The minimum atomic E-state index is -0.528. The number of rotatable bonds is 3. The van der Waals surface area contributed by atoms with Crippen LogP contribution in [-0.4, -0.2) is 16.7 Å². The monoisotopic (exact) mass is 364 g/mol. The van der Waals surface area contributed by atoms with Gasteiger partial charge >= 0.3 is 6.09 Å². The second-order valence-electron chi connectivity index (χ2n) is 5.55. The van der Waals surface area contributed by atoms with Crippen molar-refractivity contribution in [3.63, 3.8) is 0 Å². The third kappa shape index (κ3) is 5.37. The second-order valence-corrected chi connectivity index (χ2v) is 6.36. The fraction of sp³-hybridized carbons (Fsp3) is 0.250. The number of nitrogens with zero attached hydrogens (tertiary/aromatic N) is 1. The molecule has 0 aliphatic rings. The molecule has 0 atom stereocenters. The van der Waals surface area contributed by atoms with Gasteiger partial charge in [-0.15, -0.1) is 0 Å². The molecule has 0 spiro atoms. The van der Waals surface area contributed by atoms with Gasteiger partial charge in [0.15, 0.2) is 0 Å². The lowest BCUT2D eigenvalue weighted by atomic mass is 10.2. The molecule has 5 nitrogen and oxygen atoms in total. The van der Waals surface area contributed by atoms with Crippen molar-refractivity contribution in [1.29, 1.82) is 0 Å². The van der Waals surface area contributed by atoms with Crippen molar-refractivity contribution < 1.29 is 14.3 Å². The largest absolute Gasteiger partial charge is 0.444 e. The van der Waals surface area contributed by atoms with Crippen LogP contribution in [0.4, 0.5) is 10.5 Å². The molecule has 2 rings (SSSR count). The van der Waals surface area contributed by atoms with E-state index in [9.17, 15) is 4.79 Å². The minimum Gasteiger partial charge on any atom is -0.444 e. The Hall–Kier alpha value is -2.08. The third-order valence-corrected chi connectivity index (χ3v) is 2.85. The Kier molecular flexibility index (Phi) is 5.03. The number of benzene rings is 1. The summed E-state index contributed by atoms with van der Waals surface area (Å²) in [6, 6.07) is 12.4. The summed E-state index contributed by atoms with van der Waals surface area (Å²) in [5, 5.41) is 2.66. The van der Waals surface area contributed by atoms with Crippen LogP contribution in [-0.2, 0) is 4.74 Å². The molecular weight excluding hydrogens is 348 g/mol. The Morgan fingerprint density at radius 2 is 1.82 bits per heavy atom. The van der Waals surface area contributed by atoms with Crippen molar-refractivity contribution in [2.75, 3.05) is 5.32 Å². The summed E-state index contributed by atoms with van der Waals surface area (Å²) in [6.45, 7) is 5.44. The van der Waals surface area contributed by atoms with Crippen molar-refractivity contribution in [2.45, 2.75) is 26.4 Å².